The van der Waals surface area contributed by atoms with E-state index in [0.717, 1.165) is 12.0 Å². The first kappa shape index (κ1) is 10.6. The first-order valence-electron chi connectivity index (χ1n) is 5.03. The van der Waals surface area contributed by atoms with Gasteiger partial charge in [-0.3, -0.25) is 0 Å². The van der Waals surface area contributed by atoms with Crippen LogP contribution in [0.15, 0.2) is 24.5 Å². The fraction of sp³-hybridized carbons (Fsp3) is 0.273. The Labute approximate surface area is 91.9 Å². The second-order valence-corrected chi connectivity index (χ2v) is 3.56. The zero-order valence-corrected chi connectivity index (χ0v) is 8.63. The molecular weight excluding hydrogens is 208 g/mol. The number of aryl methyl sites for hydroxylation is 1. The van der Waals surface area contributed by atoms with Gasteiger partial charge in [-0.2, -0.15) is 5.10 Å². The van der Waals surface area contributed by atoms with Gasteiger partial charge in [0.2, 0.25) is 0 Å². The van der Waals surface area contributed by atoms with E-state index in [-0.39, 0.29) is 12.2 Å². The summed E-state index contributed by atoms with van der Waals surface area (Å²) in [6.07, 6.45) is 4.48. The van der Waals surface area contributed by atoms with Gasteiger partial charge in [-0.15, -0.1) is 0 Å². The first-order valence-corrected chi connectivity index (χ1v) is 5.03. The van der Waals surface area contributed by atoms with Gasteiger partial charge in [0.15, 0.2) is 0 Å². The molecule has 0 aliphatic heterocycles. The molecule has 0 saturated heterocycles. The van der Waals surface area contributed by atoms with Gasteiger partial charge in [0, 0.05) is 12.8 Å². The van der Waals surface area contributed by atoms with Crippen molar-refractivity contribution in [2.45, 2.75) is 12.8 Å². The summed E-state index contributed by atoms with van der Waals surface area (Å²) in [4.78, 5) is 10.9. The molecule has 5 heteroatoms. The van der Waals surface area contributed by atoms with Crippen molar-refractivity contribution in [3.05, 3.63) is 35.7 Å². The lowest BCUT2D eigenvalue weighted by Crippen LogP contribution is -1.97. The lowest BCUT2D eigenvalue weighted by atomic mass is 10.1. The minimum atomic E-state index is -0.977. The number of fused-ring (bicyclic) bond motifs is 1. The van der Waals surface area contributed by atoms with Gasteiger partial charge in [0.25, 0.3) is 0 Å². The molecule has 0 spiro atoms. The lowest BCUT2D eigenvalue weighted by molar-refractivity contribution is 0.0699. The number of aliphatic hydroxyl groups excluding tert-OH is 1. The number of carboxylic acid groups (broad SMARTS) is 1. The predicted octanol–water partition coefficient (Wildman–Crippen LogP) is 0.957. The second kappa shape index (κ2) is 4.32. The van der Waals surface area contributed by atoms with Crippen molar-refractivity contribution in [2.24, 2.45) is 0 Å². The van der Waals surface area contributed by atoms with Crippen LogP contribution in [0, 0.1) is 0 Å². The van der Waals surface area contributed by atoms with Gasteiger partial charge < -0.3 is 10.2 Å². The highest BCUT2D eigenvalue weighted by atomic mass is 16.4. The van der Waals surface area contributed by atoms with Crippen LogP contribution in [0.25, 0.3) is 5.52 Å². The SMILES string of the molecule is O=C(O)c1cnn2ccc(CCCO)cc12. The Balaban J connectivity index is 2.42. The van der Waals surface area contributed by atoms with Gasteiger partial charge >= 0.3 is 5.97 Å². The molecule has 0 amide bonds. The maximum atomic E-state index is 10.9. The van der Waals surface area contributed by atoms with Crippen LogP contribution in [0.1, 0.15) is 22.3 Å². The summed E-state index contributed by atoms with van der Waals surface area (Å²) >= 11 is 0. The van der Waals surface area contributed by atoms with Gasteiger partial charge in [0.05, 0.1) is 11.7 Å². The Morgan fingerprint density at radius 1 is 1.50 bits per heavy atom. The predicted molar refractivity (Wildman–Crippen MR) is 57.6 cm³/mol. The third-order valence-corrected chi connectivity index (χ3v) is 2.44. The molecule has 0 unspecified atom stereocenters. The molecule has 2 rings (SSSR count). The van der Waals surface area contributed by atoms with Crippen LogP contribution < -0.4 is 0 Å². The minimum absolute atomic E-state index is 0.135. The molecule has 0 atom stereocenters. The number of rotatable bonds is 4. The van der Waals surface area contributed by atoms with Crippen LogP contribution in [0.5, 0.6) is 0 Å². The van der Waals surface area contributed by atoms with E-state index in [0.29, 0.717) is 11.9 Å². The van der Waals surface area contributed by atoms with Crippen molar-refractivity contribution in [3.8, 4) is 0 Å². The molecule has 0 fully saturated rings. The quantitative estimate of drug-likeness (QED) is 0.804. The molecular formula is C11H12N2O3. The second-order valence-electron chi connectivity index (χ2n) is 3.56. The molecule has 0 aliphatic rings. The molecule has 5 nitrogen and oxygen atoms in total. The number of aromatic carboxylic acids is 1. The van der Waals surface area contributed by atoms with E-state index in [1.807, 2.05) is 6.07 Å². The van der Waals surface area contributed by atoms with Crippen molar-refractivity contribution in [3.63, 3.8) is 0 Å². The van der Waals surface area contributed by atoms with E-state index in [1.54, 1.807) is 12.3 Å². The largest absolute Gasteiger partial charge is 0.478 e. The van der Waals surface area contributed by atoms with Gasteiger partial charge in [-0.05, 0) is 30.5 Å². The molecule has 0 bridgehead atoms. The highest BCUT2D eigenvalue weighted by Gasteiger charge is 2.10. The van der Waals surface area contributed by atoms with E-state index in [9.17, 15) is 4.79 Å². The fourth-order valence-corrected chi connectivity index (χ4v) is 1.63. The Morgan fingerprint density at radius 3 is 3.00 bits per heavy atom. The summed E-state index contributed by atoms with van der Waals surface area (Å²) in [5.41, 5.74) is 1.79. The summed E-state index contributed by atoms with van der Waals surface area (Å²) in [5, 5.41) is 21.6. The molecule has 0 aromatic carbocycles. The van der Waals surface area contributed by atoms with Crippen LogP contribution in [0.4, 0.5) is 0 Å². The number of aromatic nitrogens is 2. The molecule has 2 aromatic heterocycles. The van der Waals surface area contributed by atoms with Crippen LogP contribution in [-0.2, 0) is 6.42 Å². The summed E-state index contributed by atoms with van der Waals surface area (Å²) in [7, 11) is 0. The Hall–Kier alpha value is -1.88. The normalized spacial score (nSPS) is 10.8. The van der Waals surface area contributed by atoms with Gasteiger partial charge in [-0.25, -0.2) is 9.31 Å². The summed E-state index contributed by atoms with van der Waals surface area (Å²) in [6.45, 7) is 0.135. The summed E-state index contributed by atoms with van der Waals surface area (Å²) in [6, 6.07) is 3.67. The first-order chi connectivity index (χ1) is 7.72. The van der Waals surface area contributed by atoms with Crippen LogP contribution >= 0.6 is 0 Å². The number of pyridine rings is 1. The maximum absolute atomic E-state index is 10.9. The Kier molecular flexibility index (Phi) is 2.87. The van der Waals surface area contributed by atoms with E-state index in [4.69, 9.17) is 10.2 Å². The van der Waals surface area contributed by atoms with Crippen LogP contribution in [0.3, 0.4) is 0 Å². The topological polar surface area (TPSA) is 74.8 Å². The third-order valence-electron chi connectivity index (χ3n) is 2.44. The average molecular weight is 220 g/mol. The smallest absolute Gasteiger partial charge is 0.339 e. The zero-order chi connectivity index (χ0) is 11.5. The van der Waals surface area contributed by atoms with Crippen molar-refractivity contribution >= 4 is 11.5 Å². The number of aliphatic hydroxyl groups is 1. The number of nitrogens with zero attached hydrogens (tertiary/aromatic N) is 2. The highest BCUT2D eigenvalue weighted by Crippen LogP contribution is 2.13. The van der Waals surface area contributed by atoms with Crippen molar-refractivity contribution in [1.82, 2.24) is 9.61 Å². The van der Waals surface area contributed by atoms with Crippen LogP contribution in [-0.4, -0.2) is 32.4 Å². The number of hydrogen-bond acceptors (Lipinski definition) is 3. The minimum Gasteiger partial charge on any atom is -0.478 e. The molecule has 0 aliphatic carbocycles. The van der Waals surface area contributed by atoms with Gasteiger partial charge in [0.1, 0.15) is 5.56 Å². The molecule has 84 valence electrons. The van der Waals surface area contributed by atoms with Gasteiger partial charge in [-0.1, -0.05) is 0 Å². The summed E-state index contributed by atoms with van der Waals surface area (Å²) in [5.74, 6) is -0.977. The lowest BCUT2D eigenvalue weighted by Gasteiger charge is -2.01. The van der Waals surface area contributed by atoms with Crippen molar-refractivity contribution < 1.29 is 15.0 Å². The molecule has 2 heterocycles. The molecule has 0 saturated carbocycles. The van der Waals surface area contributed by atoms with E-state index < -0.39 is 5.97 Å². The monoisotopic (exact) mass is 220 g/mol. The maximum Gasteiger partial charge on any atom is 0.339 e. The number of carboxylic acids is 1. The average Bonchev–Trinajstić information content (AvgIpc) is 2.69. The highest BCUT2D eigenvalue weighted by molar-refractivity contribution is 5.95. The van der Waals surface area contributed by atoms with E-state index in [1.165, 1.54) is 10.7 Å². The third kappa shape index (κ3) is 1.90. The molecule has 16 heavy (non-hydrogen) atoms. The summed E-state index contributed by atoms with van der Waals surface area (Å²) < 4.78 is 1.53. The van der Waals surface area contributed by atoms with E-state index in [2.05, 4.69) is 5.10 Å². The van der Waals surface area contributed by atoms with Crippen molar-refractivity contribution in [2.75, 3.05) is 6.61 Å². The molecule has 2 aromatic rings. The number of hydrogen-bond donors (Lipinski definition) is 2. The Morgan fingerprint density at radius 2 is 2.31 bits per heavy atom. The van der Waals surface area contributed by atoms with Crippen LogP contribution in [0.2, 0.25) is 0 Å². The molecule has 2 N–H and O–H groups in total. The van der Waals surface area contributed by atoms with Crippen molar-refractivity contribution in [1.29, 1.82) is 0 Å². The Bertz CT molecular complexity index is 519. The zero-order valence-electron chi connectivity index (χ0n) is 8.63. The van der Waals surface area contributed by atoms with E-state index >= 15 is 0 Å². The standard InChI is InChI=1S/C11H12N2O3/c14-5-1-2-8-3-4-13-10(6-8)9(7-12-13)11(15)16/h3-4,6-7,14H,1-2,5H2,(H,15,16). The fourth-order valence-electron chi connectivity index (χ4n) is 1.63. The number of carbonyl (C=O) groups is 1. The molecule has 0 radical (unpaired) electrons.